The molecule has 2 rings (SSSR count). The normalized spacial score (nSPS) is 15.1. The summed E-state index contributed by atoms with van der Waals surface area (Å²) in [6.45, 7) is 0. The van der Waals surface area contributed by atoms with Crippen molar-refractivity contribution in [3.05, 3.63) is 41.5 Å². The van der Waals surface area contributed by atoms with Crippen LogP contribution in [-0.4, -0.2) is 6.10 Å². The van der Waals surface area contributed by atoms with E-state index in [0.29, 0.717) is 18.9 Å². The minimum Gasteiger partial charge on any atom is -0.488 e. The van der Waals surface area contributed by atoms with Crippen LogP contribution in [0.4, 0.5) is 8.78 Å². The fourth-order valence-corrected chi connectivity index (χ4v) is 1.62. The van der Waals surface area contributed by atoms with E-state index in [-0.39, 0.29) is 17.4 Å². The zero-order valence-electron chi connectivity index (χ0n) is 8.41. The number of halogens is 2. The molecule has 0 amide bonds. The van der Waals surface area contributed by atoms with Crippen LogP contribution in [0.25, 0.3) is 0 Å². The molecule has 0 aromatic heterocycles. The van der Waals surface area contributed by atoms with Gasteiger partial charge in [-0.25, -0.2) is 8.78 Å². The van der Waals surface area contributed by atoms with Crippen LogP contribution in [0.3, 0.4) is 0 Å². The highest BCUT2D eigenvalue weighted by Gasteiger charge is 2.17. The van der Waals surface area contributed by atoms with E-state index in [2.05, 4.69) is 0 Å². The van der Waals surface area contributed by atoms with Gasteiger partial charge in [0.05, 0.1) is 0 Å². The Bertz CT molecular complexity index is 469. The van der Waals surface area contributed by atoms with Gasteiger partial charge in [-0.15, -0.1) is 0 Å². The Kier molecular flexibility index (Phi) is 2.86. The Hall–Kier alpha value is -1.89. The topological polar surface area (TPSA) is 33.0 Å². The molecule has 0 N–H and O–H groups in total. The summed E-state index contributed by atoms with van der Waals surface area (Å²) in [4.78, 5) is 0. The van der Waals surface area contributed by atoms with E-state index in [1.54, 1.807) is 6.07 Å². The van der Waals surface area contributed by atoms with Crippen LogP contribution in [0.1, 0.15) is 18.4 Å². The second kappa shape index (κ2) is 4.31. The van der Waals surface area contributed by atoms with Crippen LogP contribution in [0.15, 0.2) is 24.3 Å². The van der Waals surface area contributed by atoms with Gasteiger partial charge >= 0.3 is 0 Å². The molecule has 1 aromatic carbocycles. The number of hydrogen-bond donors (Lipinski definition) is 0. The molecule has 1 aliphatic rings. The number of benzene rings is 1. The third kappa shape index (κ3) is 2.03. The molecule has 0 atom stereocenters. The SMILES string of the molecule is N#Cc1c(F)cc(F)cc1OC1CC=CC1. The molecule has 1 aromatic rings. The van der Waals surface area contributed by atoms with Gasteiger partial charge in [-0.05, 0) is 0 Å². The molecule has 2 nitrogen and oxygen atoms in total. The van der Waals surface area contributed by atoms with Gasteiger partial charge in [0.25, 0.3) is 0 Å². The van der Waals surface area contributed by atoms with E-state index >= 15 is 0 Å². The molecule has 0 spiro atoms. The van der Waals surface area contributed by atoms with Crippen LogP contribution in [0.2, 0.25) is 0 Å². The average molecular weight is 221 g/mol. The first-order valence-electron chi connectivity index (χ1n) is 4.91. The van der Waals surface area contributed by atoms with Gasteiger partial charge in [0, 0.05) is 25.0 Å². The summed E-state index contributed by atoms with van der Waals surface area (Å²) in [5, 5.41) is 8.76. The van der Waals surface area contributed by atoms with Crippen molar-refractivity contribution in [3.8, 4) is 11.8 Å². The first-order valence-corrected chi connectivity index (χ1v) is 4.91. The van der Waals surface area contributed by atoms with Crippen molar-refractivity contribution in [1.29, 1.82) is 5.26 Å². The highest BCUT2D eigenvalue weighted by atomic mass is 19.1. The summed E-state index contributed by atoms with van der Waals surface area (Å²) in [5.74, 6) is -1.64. The van der Waals surface area contributed by atoms with E-state index in [1.807, 2.05) is 12.2 Å². The second-order valence-electron chi connectivity index (χ2n) is 3.56. The molecule has 0 fully saturated rings. The summed E-state index contributed by atoms with van der Waals surface area (Å²) in [6.07, 6.45) is 5.14. The minimum atomic E-state index is -0.886. The van der Waals surface area contributed by atoms with Crippen molar-refractivity contribution in [3.63, 3.8) is 0 Å². The van der Waals surface area contributed by atoms with Crippen molar-refractivity contribution in [1.82, 2.24) is 0 Å². The van der Waals surface area contributed by atoms with Crippen LogP contribution in [0.5, 0.6) is 5.75 Å². The quantitative estimate of drug-likeness (QED) is 0.719. The number of nitrogens with zero attached hydrogens (tertiary/aromatic N) is 1. The fourth-order valence-electron chi connectivity index (χ4n) is 1.62. The van der Waals surface area contributed by atoms with Crippen molar-refractivity contribution >= 4 is 0 Å². The molecule has 0 radical (unpaired) electrons. The average Bonchev–Trinajstić information content (AvgIpc) is 2.70. The van der Waals surface area contributed by atoms with Gasteiger partial charge in [0.2, 0.25) is 0 Å². The lowest BCUT2D eigenvalue weighted by atomic mass is 10.2. The van der Waals surface area contributed by atoms with Crippen molar-refractivity contribution in [2.45, 2.75) is 18.9 Å². The molecule has 4 heteroatoms. The molecule has 0 saturated carbocycles. The van der Waals surface area contributed by atoms with Crippen molar-refractivity contribution < 1.29 is 13.5 Å². The third-order valence-electron chi connectivity index (χ3n) is 2.39. The van der Waals surface area contributed by atoms with E-state index in [1.165, 1.54) is 0 Å². The molecule has 82 valence electrons. The highest BCUT2D eigenvalue weighted by Crippen LogP contribution is 2.26. The lowest BCUT2D eigenvalue weighted by Gasteiger charge is -2.14. The molecule has 0 heterocycles. The third-order valence-corrected chi connectivity index (χ3v) is 2.39. The van der Waals surface area contributed by atoms with Gasteiger partial charge in [0.1, 0.15) is 35.1 Å². The molecular weight excluding hydrogens is 212 g/mol. The maximum absolute atomic E-state index is 13.2. The zero-order chi connectivity index (χ0) is 11.5. The van der Waals surface area contributed by atoms with Crippen LogP contribution in [-0.2, 0) is 0 Å². The van der Waals surface area contributed by atoms with Crippen LogP contribution in [0, 0.1) is 23.0 Å². The van der Waals surface area contributed by atoms with Crippen molar-refractivity contribution in [2.75, 3.05) is 0 Å². The summed E-state index contributed by atoms with van der Waals surface area (Å²) in [7, 11) is 0. The van der Waals surface area contributed by atoms with Gasteiger partial charge in [-0.1, -0.05) is 12.2 Å². The van der Waals surface area contributed by atoms with E-state index in [9.17, 15) is 8.78 Å². The molecular formula is C12H9F2NO. The standard InChI is InChI=1S/C12H9F2NO/c13-8-5-11(14)10(7-15)12(6-8)16-9-3-1-2-4-9/h1-2,5-6,9H,3-4H2. The predicted octanol–water partition coefficient (Wildman–Crippen LogP) is 2.93. The number of hydrogen-bond acceptors (Lipinski definition) is 2. The van der Waals surface area contributed by atoms with Gasteiger partial charge < -0.3 is 4.74 Å². The smallest absolute Gasteiger partial charge is 0.147 e. The Balaban J connectivity index is 2.28. The predicted molar refractivity (Wildman–Crippen MR) is 53.9 cm³/mol. The van der Waals surface area contributed by atoms with E-state index in [0.717, 1.165) is 6.07 Å². The molecule has 0 unspecified atom stereocenters. The maximum atomic E-state index is 13.2. The summed E-state index contributed by atoms with van der Waals surface area (Å²) < 4.78 is 31.6. The molecule has 0 bridgehead atoms. The Morgan fingerprint density at radius 1 is 1.25 bits per heavy atom. The highest BCUT2D eigenvalue weighted by molar-refractivity contribution is 5.44. The van der Waals surface area contributed by atoms with Crippen molar-refractivity contribution in [2.24, 2.45) is 0 Å². The Morgan fingerprint density at radius 3 is 2.56 bits per heavy atom. The maximum Gasteiger partial charge on any atom is 0.147 e. The minimum absolute atomic E-state index is 0.0197. The number of ether oxygens (including phenoxy) is 1. The molecule has 1 aliphatic carbocycles. The monoisotopic (exact) mass is 221 g/mol. The zero-order valence-corrected chi connectivity index (χ0v) is 8.41. The molecule has 16 heavy (non-hydrogen) atoms. The first kappa shape index (κ1) is 10.6. The summed E-state index contributed by atoms with van der Waals surface area (Å²) in [5.41, 5.74) is -0.242. The van der Waals surface area contributed by atoms with Gasteiger partial charge in [0.15, 0.2) is 0 Å². The number of rotatable bonds is 2. The van der Waals surface area contributed by atoms with E-state index < -0.39 is 11.6 Å². The van der Waals surface area contributed by atoms with E-state index in [4.69, 9.17) is 10.00 Å². The Morgan fingerprint density at radius 2 is 1.94 bits per heavy atom. The lowest BCUT2D eigenvalue weighted by Crippen LogP contribution is -2.13. The summed E-state index contributed by atoms with van der Waals surface area (Å²) in [6, 6.07) is 3.40. The molecule has 0 aliphatic heterocycles. The fraction of sp³-hybridized carbons (Fsp3) is 0.250. The molecule has 0 saturated heterocycles. The number of nitriles is 1. The lowest BCUT2D eigenvalue weighted by molar-refractivity contribution is 0.214. The van der Waals surface area contributed by atoms with Gasteiger partial charge in [-0.2, -0.15) is 5.26 Å². The second-order valence-corrected chi connectivity index (χ2v) is 3.56. The summed E-state index contributed by atoms with van der Waals surface area (Å²) >= 11 is 0. The van der Waals surface area contributed by atoms with Crippen LogP contribution >= 0.6 is 0 Å². The van der Waals surface area contributed by atoms with Gasteiger partial charge in [-0.3, -0.25) is 0 Å². The van der Waals surface area contributed by atoms with Crippen LogP contribution < -0.4 is 4.74 Å². The first-order chi connectivity index (χ1) is 7.70. The largest absolute Gasteiger partial charge is 0.488 e. The Labute approximate surface area is 91.8 Å².